The molecule has 7 nitrogen and oxygen atoms in total. The Labute approximate surface area is 172 Å². The van der Waals surface area contributed by atoms with Crippen LogP contribution in [0.4, 0.5) is 5.69 Å². The number of carbonyl (C=O) groups is 3. The molecule has 29 heavy (non-hydrogen) atoms. The standard InChI is InChI=1S/C21H20ClNO6/c22-9-3-6-20(25)23-16-5-2-1-4-15(16)21(26)29-13-17(24)14-7-8-18-19(12-14)28-11-10-27-18/h1-2,4-5,7-8,12H,3,6,9-11,13H2,(H,23,25). The summed E-state index contributed by atoms with van der Waals surface area (Å²) in [6, 6.07) is 11.3. The van der Waals surface area contributed by atoms with Gasteiger partial charge in [-0.1, -0.05) is 12.1 Å². The van der Waals surface area contributed by atoms with Crippen LogP contribution in [0.2, 0.25) is 0 Å². The summed E-state index contributed by atoms with van der Waals surface area (Å²) in [5.41, 5.74) is 0.843. The lowest BCUT2D eigenvalue weighted by molar-refractivity contribution is -0.116. The van der Waals surface area contributed by atoms with Gasteiger partial charge in [-0.3, -0.25) is 9.59 Å². The van der Waals surface area contributed by atoms with Gasteiger partial charge < -0.3 is 19.5 Å². The Morgan fingerprint density at radius 1 is 1.03 bits per heavy atom. The molecule has 3 rings (SSSR count). The molecule has 1 heterocycles. The number of carbonyl (C=O) groups excluding carboxylic acids is 3. The molecule has 0 unspecified atom stereocenters. The van der Waals surface area contributed by atoms with Crippen LogP contribution >= 0.6 is 11.6 Å². The van der Waals surface area contributed by atoms with Gasteiger partial charge in [0.25, 0.3) is 0 Å². The predicted molar refractivity (Wildman–Crippen MR) is 107 cm³/mol. The summed E-state index contributed by atoms with van der Waals surface area (Å²) in [6.07, 6.45) is 0.777. The molecule has 0 aromatic heterocycles. The fraction of sp³-hybridized carbons (Fsp3) is 0.286. The van der Waals surface area contributed by atoms with Crippen LogP contribution in [0.15, 0.2) is 42.5 Å². The second-order valence-electron chi connectivity index (χ2n) is 6.24. The van der Waals surface area contributed by atoms with E-state index in [9.17, 15) is 14.4 Å². The number of ether oxygens (including phenoxy) is 3. The number of ketones is 1. The van der Waals surface area contributed by atoms with Gasteiger partial charge in [0.05, 0.1) is 11.3 Å². The summed E-state index contributed by atoms with van der Waals surface area (Å²) in [5, 5.41) is 2.67. The molecule has 0 bridgehead atoms. The van der Waals surface area contributed by atoms with E-state index in [1.165, 1.54) is 6.07 Å². The number of alkyl halides is 1. The number of anilines is 1. The van der Waals surface area contributed by atoms with Gasteiger partial charge in [0.15, 0.2) is 23.9 Å². The first-order valence-electron chi connectivity index (χ1n) is 9.13. The molecule has 1 aliphatic rings. The zero-order valence-corrected chi connectivity index (χ0v) is 16.4. The van der Waals surface area contributed by atoms with Crippen molar-refractivity contribution in [3.8, 4) is 11.5 Å². The lowest BCUT2D eigenvalue weighted by atomic mass is 10.1. The molecule has 2 aromatic rings. The molecule has 0 saturated carbocycles. The molecule has 0 atom stereocenters. The van der Waals surface area contributed by atoms with E-state index in [4.69, 9.17) is 25.8 Å². The quantitative estimate of drug-likeness (QED) is 0.402. The lowest BCUT2D eigenvalue weighted by Crippen LogP contribution is -2.19. The third-order valence-corrected chi connectivity index (χ3v) is 4.42. The van der Waals surface area contributed by atoms with Crippen molar-refractivity contribution in [1.82, 2.24) is 0 Å². The van der Waals surface area contributed by atoms with E-state index in [0.717, 1.165) is 0 Å². The second-order valence-corrected chi connectivity index (χ2v) is 6.62. The van der Waals surface area contributed by atoms with E-state index in [2.05, 4.69) is 5.32 Å². The van der Waals surface area contributed by atoms with Crippen LogP contribution in [0.25, 0.3) is 0 Å². The SMILES string of the molecule is O=C(CCCCl)Nc1ccccc1C(=O)OCC(=O)c1ccc2c(c1)OCCO2. The third-order valence-electron chi connectivity index (χ3n) is 4.16. The van der Waals surface area contributed by atoms with E-state index in [0.29, 0.717) is 48.3 Å². The van der Waals surface area contributed by atoms with Gasteiger partial charge in [0.2, 0.25) is 5.91 Å². The molecule has 1 aliphatic heterocycles. The predicted octanol–water partition coefficient (Wildman–Crippen LogP) is 3.46. The largest absolute Gasteiger partial charge is 0.486 e. The highest BCUT2D eigenvalue weighted by Crippen LogP contribution is 2.30. The van der Waals surface area contributed by atoms with Crippen LogP contribution in [-0.4, -0.2) is 43.4 Å². The molecular weight excluding hydrogens is 398 g/mol. The van der Waals surface area contributed by atoms with Gasteiger partial charge in [-0.25, -0.2) is 4.79 Å². The van der Waals surface area contributed by atoms with Crippen LogP contribution in [0, 0.1) is 0 Å². The summed E-state index contributed by atoms with van der Waals surface area (Å²) in [7, 11) is 0. The average Bonchev–Trinajstić information content (AvgIpc) is 2.75. The number of halogens is 1. The molecule has 0 aliphatic carbocycles. The Hall–Kier alpha value is -3.06. The first kappa shape index (κ1) is 20.7. The first-order chi connectivity index (χ1) is 14.1. The Bertz CT molecular complexity index is 914. The number of hydrogen-bond donors (Lipinski definition) is 1. The zero-order valence-electron chi connectivity index (χ0n) is 15.6. The highest BCUT2D eigenvalue weighted by atomic mass is 35.5. The fourth-order valence-electron chi connectivity index (χ4n) is 2.72. The Morgan fingerprint density at radius 2 is 1.79 bits per heavy atom. The molecule has 0 saturated heterocycles. The van der Waals surface area contributed by atoms with Crippen molar-refractivity contribution in [2.45, 2.75) is 12.8 Å². The first-order valence-corrected chi connectivity index (χ1v) is 9.67. The molecule has 0 radical (unpaired) electrons. The van der Waals surface area contributed by atoms with Crippen molar-refractivity contribution in [1.29, 1.82) is 0 Å². The number of nitrogens with one attached hydrogen (secondary N) is 1. The van der Waals surface area contributed by atoms with Gasteiger partial charge in [-0.05, 0) is 36.8 Å². The van der Waals surface area contributed by atoms with Crippen LogP contribution < -0.4 is 14.8 Å². The number of fused-ring (bicyclic) bond motifs is 1. The van der Waals surface area contributed by atoms with Gasteiger partial charge in [-0.15, -0.1) is 11.6 Å². The van der Waals surface area contributed by atoms with Crippen LogP contribution in [-0.2, 0) is 9.53 Å². The molecule has 0 fully saturated rings. The Kier molecular flexibility index (Phi) is 7.08. The maximum Gasteiger partial charge on any atom is 0.340 e. The summed E-state index contributed by atoms with van der Waals surface area (Å²) in [6.45, 7) is 0.430. The number of Topliss-reactive ketones (excluding diaryl/α,β-unsaturated/α-hetero) is 1. The van der Waals surface area contributed by atoms with Crippen molar-refractivity contribution >= 4 is 34.9 Å². The molecule has 1 amide bonds. The van der Waals surface area contributed by atoms with Crippen molar-refractivity contribution in [3.05, 3.63) is 53.6 Å². The monoisotopic (exact) mass is 417 g/mol. The number of benzene rings is 2. The summed E-state index contributed by atoms with van der Waals surface area (Å²) in [5.74, 6) is 0.0995. The molecule has 1 N–H and O–H groups in total. The highest BCUT2D eigenvalue weighted by molar-refractivity contribution is 6.18. The Balaban J connectivity index is 1.62. The minimum absolute atomic E-state index is 0.168. The normalized spacial score (nSPS) is 12.2. The van der Waals surface area contributed by atoms with Gasteiger partial charge in [0, 0.05) is 17.9 Å². The minimum atomic E-state index is -0.705. The number of esters is 1. The van der Waals surface area contributed by atoms with Gasteiger partial charge in [0.1, 0.15) is 13.2 Å². The van der Waals surface area contributed by atoms with Gasteiger partial charge >= 0.3 is 5.97 Å². The lowest BCUT2D eigenvalue weighted by Gasteiger charge is -2.18. The third kappa shape index (κ3) is 5.48. The van der Waals surface area contributed by atoms with E-state index in [1.54, 1.807) is 36.4 Å². The van der Waals surface area contributed by atoms with Crippen molar-refractivity contribution < 1.29 is 28.6 Å². The minimum Gasteiger partial charge on any atom is -0.486 e. The summed E-state index contributed by atoms with van der Waals surface area (Å²) >= 11 is 5.59. The number of rotatable bonds is 8. The van der Waals surface area contributed by atoms with Crippen molar-refractivity contribution in [3.63, 3.8) is 0 Å². The molecule has 2 aromatic carbocycles. The molecule has 152 valence electrons. The maximum atomic E-state index is 12.4. The smallest absolute Gasteiger partial charge is 0.340 e. The van der Waals surface area contributed by atoms with Crippen LogP contribution in [0.3, 0.4) is 0 Å². The van der Waals surface area contributed by atoms with Gasteiger partial charge in [-0.2, -0.15) is 0 Å². The van der Waals surface area contributed by atoms with E-state index >= 15 is 0 Å². The van der Waals surface area contributed by atoms with Crippen molar-refractivity contribution in [2.75, 3.05) is 31.0 Å². The molecule has 8 heteroatoms. The summed E-state index contributed by atoms with van der Waals surface area (Å²) in [4.78, 5) is 36.7. The Morgan fingerprint density at radius 3 is 2.59 bits per heavy atom. The van der Waals surface area contributed by atoms with E-state index < -0.39 is 12.6 Å². The fourth-order valence-corrected chi connectivity index (χ4v) is 2.85. The maximum absolute atomic E-state index is 12.4. The van der Waals surface area contributed by atoms with Crippen molar-refractivity contribution in [2.24, 2.45) is 0 Å². The van der Waals surface area contributed by atoms with Crippen LogP contribution in [0.1, 0.15) is 33.6 Å². The van der Waals surface area contributed by atoms with E-state index in [-0.39, 0.29) is 23.7 Å². The highest BCUT2D eigenvalue weighted by Gasteiger charge is 2.18. The number of hydrogen-bond acceptors (Lipinski definition) is 6. The zero-order chi connectivity index (χ0) is 20.6. The number of para-hydroxylation sites is 1. The average molecular weight is 418 g/mol. The number of amides is 1. The molecule has 0 spiro atoms. The topological polar surface area (TPSA) is 90.9 Å². The summed E-state index contributed by atoms with van der Waals surface area (Å²) < 4.78 is 16.0. The molecular formula is C21H20ClNO6. The van der Waals surface area contributed by atoms with Crippen LogP contribution in [0.5, 0.6) is 11.5 Å². The second kappa shape index (κ2) is 9.93. The van der Waals surface area contributed by atoms with E-state index in [1.807, 2.05) is 0 Å².